The molecule has 0 radical (unpaired) electrons. The average Bonchev–Trinajstić information content (AvgIpc) is 2.36. The van der Waals surface area contributed by atoms with E-state index in [9.17, 15) is 0 Å². The minimum Gasteiger partial charge on any atom is -0.320 e. The Balaban J connectivity index is 2.44. The molecule has 1 nitrogen and oxygen atoms in total. The number of nitrogens with two attached hydrogens (primary N) is 1. The minimum atomic E-state index is -0.0488. The number of hydrogen-bond donors (Lipinski definition) is 1. The van der Waals surface area contributed by atoms with Crippen molar-refractivity contribution in [2.75, 3.05) is 6.26 Å². The second-order valence-corrected chi connectivity index (χ2v) is 5.49. The van der Waals surface area contributed by atoms with Crippen LogP contribution in [0.4, 0.5) is 0 Å². The summed E-state index contributed by atoms with van der Waals surface area (Å²) in [4.78, 5) is 1.25. The van der Waals surface area contributed by atoms with Crippen LogP contribution in [0, 0.1) is 13.8 Å². The van der Waals surface area contributed by atoms with E-state index in [2.05, 4.69) is 62.6 Å². The summed E-state index contributed by atoms with van der Waals surface area (Å²) in [7, 11) is 0. The first kappa shape index (κ1) is 13.2. The van der Waals surface area contributed by atoms with Gasteiger partial charge in [-0.2, -0.15) is 0 Å². The first-order valence-corrected chi connectivity index (χ1v) is 7.31. The van der Waals surface area contributed by atoms with Crippen molar-refractivity contribution in [3.8, 4) is 0 Å². The standard InChI is InChI=1S/C16H19NS/c1-11-8-12(2)10-13(9-11)16(17)14-6-4-5-7-15(14)18-3/h4-10,16H,17H2,1-3H3. The van der Waals surface area contributed by atoms with Gasteiger partial charge in [-0.25, -0.2) is 0 Å². The van der Waals surface area contributed by atoms with Crippen LogP contribution < -0.4 is 5.73 Å². The molecule has 1 unspecified atom stereocenters. The van der Waals surface area contributed by atoms with E-state index in [1.807, 2.05) is 0 Å². The van der Waals surface area contributed by atoms with Crippen LogP contribution in [-0.4, -0.2) is 6.26 Å². The van der Waals surface area contributed by atoms with Crippen LogP contribution in [-0.2, 0) is 0 Å². The largest absolute Gasteiger partial charge is 0.320 e. The van der Waals surface area contributed by atoms with Gasteiger partial charge in [-0.3, -0.25) is 0 Å². The Labute approximate surface area is 113 Å². The number of thioether (sulfide) groups is 1. The van der Waals surface area contributed by atoms with E-state index in [4.69, 9.17) is 5.73 Å². The molecule has 2 aromatic carbocycles. The molecule has 0 amide bonds. The molecule has 0 aliphatic heterocycles. The molecule has 0 bridgehead atoms. The van der Waals surface area contributed by atoms with E-state index >= 15 is 0 Å². The number of aryl methyl sites for hydroxylation is 2. The van der Waals surface area contributed by atoms with Gasteiger partial charge < -0.3 is 5.73 Å². The summed E-state index contributed by atoms with van der Waals surface area (Å²) in [6.45, 7) is 4.23. The highest BCUT2D eigenvalue weighted by atomic mass is 32.2. The zero-order chi connectivity index (χ0) is 13.1. The third kappa shape index (κ3) is 2.77. The Kier molecular flexibility index (Phi) is 4.10. The predicted molar refractivity (Wildman–Crippen MR) is 80.2 cm³/mol. The summed E-state index contributed by atoms with van der Waals surface area (Å²) in [5.41, 5.74) is 11.3. The molecule has 0 aliphatic rings. The Morgan fingerprint density at radius 2 is 1.61 bits per heavy atom. The van der Waals surface area contributed by atoms with Gasteiger partial charge in [0.15, 0.2) is 0 Å². The highest BCUT2D eigenvalue weighted by Gasteiger charge is 2.13. The molecule has 18 heavy (non-hydrogen) atoms. The maximum Gasteiger partial charge on any atom is 0.0562 e. The van der Waals surface area contributed by atoms with Crippen molar-refractivity contribution in [1.82, 2.24) is 0 Å². The molecule has 0 spiro atoms. The maximum absolute atomic E-state index is 6.42. The Hall–Kier alpha value is -1.25. The normalized spacial score (nSPS) is 12.4. The first-order chi connectivity index (χ1) is 8.61. The molecule has 2 heteroatoms. The van der Waals surface area contributed by atoms with Gasteiger partial charge in [0.05, 0.1) is 6.04 Å². The van der Waals surface area contributed by atoms with Crippen LogP contribution in [0.1, 0.15) is 28.3 Å². The van der Waals surface area contributed by atoms with Gasteiger partial charge in [0.25, 0.3) is 0 Å². The van der Waals surface area contributed by atoms with E-state index in [0.29, 0.717) is 0 Å². The second-order valence-electron chi connectivity index (χ2n) is 4.64. The third-order valence-corrected chi connectivity index (χ3v) is 3.89. The van der Waals surface area contributed by atoms with Crippen LogP contribution in [0.25, 0.3) is 0 Å². The molecule has 2 aromatic rings. The highest BCUT2D eigenvalue weighted by Crippen LogP contribution is 2.29. The lowest BCUT2D eigenvalue weighted by atomic mass is 9.96. The molecular weight excluding hydrogens is 238 g/mol. The Bertz CT molecular complexity index is 528. The van der Waals surface area contributed by atoms with Crippen LogP contribution in [0.2, 0.25) is 0 Å². The summed E-state index contributed by atoms with van der Waals surface area (Å²) in [5.74, 6) is 0. The number of hydrogen-bond acceptors (Lipinski definition) is 2. The molecule has 0 aromatic heterocycles. The lowest BCUT2D eigenvalue weighted by molar-refractivity contribution is 0.845. The van der Waals surface area contributed by atoms with Crippen molar-refractivity contribution >= 4 is 11.8 Å². The van der Waals surface area contributed by atoms with E-state index in [1.165, 1.54) is 27.1 Å². The summed E-state index contributed by atoms with van der Waals surface area (Å²) in [6, 6.07) is 14.8. The maximum atomic E-state index is 6.42. The fraction of sp³-hybridized carbons (Fsp3) is 0.250. The number of benzene rings is 2. The van der Waals surface area contributed by atoms with Crippen molar-refractivity contribution in [1.29, 1.82) is 0 Å². The van der Waals surface area contributed by atoms with Gasteiger partial charge >= 0.3 is 0 Å². The van der Waals surface area contributed by atoms with Crippen LogP contribution in [0.15, 0.2) is 47.4 Å². The first-order valence-electron chi connectivity index (χ1n) is 6.08. The topological polar surface area (TPSA) is 26.0 Å². The highest BCUT2D eigenvalue weighted by molar-refractivity contribution is 7.98. The fourth-order valence-electron chi connectivity index (χ4n) is 2.29. The Morgan fingerprint density at radius 1 is 1.00 bits per heavy atom. The van der Waals surface area contributed by atoms with Crippen molar-refractivity contribution in [3.63, 3.8) is 0 Å². The molecule has 2 rings (SSSR count). The molecular formula is C16H19NS. The lowest BCUT2D eigenvalue weighted by Crippen LogP contribution is -2.13. The number of rotatable bonds is 3. The van der Waals surface area contributed by atoms with E-state index in [0.717, 1.165) is 0 Å². The predicted octanol–water partition coefficient (Wildman–Crippen LogP) is 4.07. The van der Waals surface area contributed by atoms with Gasteiger partial charge in [0.2, 0.25) is 0 Å². The van der Waals surface area contributed by atoms with Crippen molar-refractivity contribution in [3.05, 3.63) is 64.7 Å². The van der Waals surface area contributed by atoms with Gasteiger partial charge in [-0.1, -0.05) is 47.5 Å². The molecule has 94 valence electrons. The molecule has 0 saturated heterocycles. The smallest absolute Gasteiger partial charge is 0.0562 e. The van der Waals surface area contributed by atoms with E-state index in [1.54, 1.807) is 11.8 Å². The average molecular weight is 257 g/mol. The molecule has 1 atom stereocenters. The van der Waals surface area contributed by atoms with E-state index in [-0.39, 0.29) is 6.04 Å². The van der Waals surface area contributed by atoms with Gasteiger partial charge in [0.1, 0.15) is 0 Å². The summed E-state index contributed by atoms with van der Waals surface area (Å²) in [6.07, 6.45) is 2.09. The summed E-state index contributed by atoms with van der Waals surface area (Å²) >= 11 is 1.75. The summed E-state index contributed by atoms with van der Waals surface area (Å²) in [5, 5.41) is 0. The van der Waals surface area contributed by atoms with Crippen LogP contribution in [0.5, 0.6) is 0 Å². The fourth-order valence-corrected chi connectivity index (χ4v) is 2.94. The molecule has 2 N–H and O–H groups in total. The lowest BCUT2D eigenvalue weighted by Gasteiger charge is -2.17. The van der Waals surface area contributed by atoms with Crippen molar-refractivity contribution in [2.24, 2.45) is 5.73 Å². The zero-order valence-corrected chi connectivity index (χ0v) is 11.9. The van der Waals surface area contributed by atoms with Crippen molar-refractivity contribution < 1.29 is 0 Å². The molecule has 0 saturated carbocycles. The Morgan fingerprint density at radius 3 is 2.22 bits per heavy atom. The van der Waals surface area contributed by atoms with Crippen molar-refractivity contribution in [2.45, 2.75) is 24.8 Å². The van der Waals surface area contributed by atoms with Gasteiger partial charge in [-0.05, 0) is 37.3 Å². The van der Waals surface area contributed by atoms with Crippen LogP contribution >= 0.6 is 11.8 Å². The van der Waals surface area contributed by atoms with Gasteiger partial charge in [-0.15, -0.1) is 11.8 Å². The summed E-state index contributed by atoms with van der Waals surface area (Å²) < 4.78 is 0. The van der Waals surface area contributed by atoms with E-state index < -0.39 is 0 Å². The van der Waals surface area contributed by atoms with Gasteiger partial charge in [0, 0.05) is 4.90 Å². The molecule has 0 fully saturated rings. The third-order valence-electron chi connectivity index (χ3n) is 3.08. The monoisotopic (exact) mass is 257 g/mol. The SMILES string of the molecule is CSc1ccccc1C(N)c1cc(C)cc(C)c1. The zero-order valence-electron chi connectivity index (χ0n) is 11.1. The van der Waals surface area contributed by atoms with Crippen LogP contribution in [0.3, 0.4) is 0 Å². The molecule has 0 heterocycles. The quantitative estimate of drug-likeness (QED) is 0.839. The second kappa shape index (κ2) is 5.59. The minimum absolute atomic E-state index is 0.0488. The molecule has 0 aliphatic carbocycles.